The van der Waals surface area contributed by atoms with Crippen molar-refractivity contribution >= 4 is 22.1 Å². The molecule has 0 spiro atoms. The number of fused-ring (bicyclic) bond motifs is 3. The highest BCUT2D eigenvalue weighted by molar-refractivity contribution is 6.09. The predicted octanol–water partition coefficient (Wildman–Crippen LogP) is 4.53. The molecule has 0 radical (unpaired) electrons. The van der Waals surface area contributed by atoms with E-state index in [-0.39, 0.29) is 11.1 Å². The summed E-state index contributed by atoms with van der Waals surface area (Å²) < 4.78 is 35.9. The molecule has 5 rings (SSSR count). The number of benzene rings is 1. The first kappa shape index (κ1) is 19.2. The zero-order valence-electron chi connectivity index (χ0n) is 17.4. The molecule has 0 N–H and O–H groups in total. The Morgan fingerprint density at radius 2 is 1.65 bits per heavy atom. The molecule has 1 aromatic carbocycles. The number of aromatic nitrogens is 5. The van der Waals surface area contributed by atoms with Crippen LogP contribution in [0.5, 0.6) is 0 Å². The Labute approximate surface area is 176 Å². The van der Waals surface area contributed by atoms with Crippen LogP contribution >= 0.6 is 0 Å². The van der Waals surface area contributed by atoms with Gasteiger partial charge in [0, 0.05) is 17.5 Å². The van der Waals surface area contributed by atoms with Crippen LogP contribution in [0.25, 0.3) is 44.7 Å². The minimum Gasteiger partial charge on any atom is -0.437 e. The summed E-state index contributed by atoms with van der Waals surface area (Å²) in [5.41, 5.74) is 3.80. The molecule has 0 aliphatic rings. The molecule has 6 nitrogen and oxygen atoms in total. The zero-order valence-corrected chi connectivity index (χ0v) is 17.4. The normalized spacial score (nSPS) is 11.5. The maximum Gasteiger partial charge on any atom is 0.232 e. The van der Waals surface area contributed by atoms with Crippen LogP contribution in [0.4, 0.5) is 8.78 Å². The summed E-state index contributed by atoms with van der Waals surface area (Å²) in [6.07, 6.45) is 1.92. The maximum absolute atomic E-state index is 14.5. The van der Waals surface area contributed by atoms with E-state index in [1.165, 1.54) is 0 Å². The summed E-state index contributed by atoms with van der Waals surface area (Å²) >= 11 is 0. The van der Waals surface area contributed by atoms with Gasteiger partial charge in [0.2, 0.25) is 17.4 Å². The number of rotatable bonds is 2. The first-order valence-electron chi connectivity index (χ1n) is 9.69. The molecule has 0 saturated carbocycles. The number of hydrogen-bond donors (Lipinski definition) is 0. The van der Waals surface area contributed by atoms with Gasteiger partial charge in [-0.1, -0.05) is 12.1 Å². The molecule has 0 fully saturated rings. The van der Waals surface area contributed by atoms with Crippen LogP contribution in [-0.4, -0.2) is 19.9 Å². The molecular formula is C23H18F2N5O+. The lowest BCUT2D eigenvalue weighted by Gasteiger charge is -2.07. The van der Waals surface area contributed by atoms with Gasteiger partial charge in [0.1, 0.15) is 24.5 Å². The Hall–Kier alpha value is -3.81. The summed E-state index contributed by atoms with van der Waals surface area (Å²) in [4.78, 5) is 16.8. The molecule has 0 amide bonds. The van der Waals surface area contributed by atoms with E-state index in [2.05, 4.69) is 19.9 Å². The molecule has 8 heteroatoms. The second kappa shape index (κ2) is 6.87. The van der Waals surface area contributed by atoms with Crippen molar-refractivity contribution in [2.75, 3.05) is 0 Å². The summed E-state index contributed by atoms with van der Waals surface area (Å²) in [6.45, 7) is 5.60. The van der Waals surface area contributed by atoms with Crippen molar-refractivity contribution in [1.82, 2.24) is 19.9 Å². The van der Waals surface area contributed by atoms with E-state index in [0.29, 0.717) is 28.4 Å². The number of halogens is 2. The Bertz CT molecular complexity index is 1490. The SMILES string of the molecule is Cc1nc(C)nc(-c2ccc(-c3c(C)ccc4c3oc3nc(F)cc(F)c34)[n+](C)c2)n1. The molecule has 0 unspecified atom stereocenters. The van der Waals surface area contributed by atoms with Crippen molar-refractivity contribution in [3.63, 3.8) is 0 Å². The highest BCUT2D eigenvalue weighted by Gasteiger charge is 2.23. The zero-order chi connectivity index (χ0) is 21.9. The smallest absolute Gasteiger partial charge is 0.232 e. The lowest BCUT2D eigenvalue weighted by molar-refractivity contribution is -0.659. The molecule has 0 aliphatic heterocycles. The number of nitrogens with zero attached hydrogens (tertiary/aromatic N) is 5. The van der Waals surface area contributed by atoms with Crippen molar-refractivity contribution < 1.29 is 17.8 Å². The summed E-state index contributed by atoms with van der Waals surface area (Å²) in [6, 6.07) is 8.28. The molecule has 4 heterocycles. The van der Waals surface area contributed by atoms with Crippen LogP contribution in [0.2, 0.25) is 0 Å². The van der Waals surface area contributed by atoms with Gasteiger partial charge < -0.3 is 4.42 Å². The quantitative estimate of drug-likeness (QED) is 0.311. The molecule has 5 aromatic rings. The van der Waals surface area contributed by atoms with E-state index in [9.17, 15) is 8.78 Å². The van der Waals surface area contributed by atoms with Gasteiger partial charge in [0.15, 0.2) is 17.6 Å². The van der Waals surface area contributed by atoms with E-state index < -0.39 is 11.8 Å². The molecule has 0 aliphatic carbocycles. The molecule has 4 aromatic heterocycles. The second-order valence-electron chi connectivity index (χ2n) is 7.51. The fraction of sp³-hybridized carbons (Fsp3) is 0.174. The van der Waals surface area contributed by atoms with Crippen LogP contribution in [0.3, 0.4) is 0 Å². The van der Waals surface area contributed by atoms with E-state index >= 15 is 0 Å². The number of furan rings is 1. The summed E-state index contributed by atoms with van der Waals surface area (Å²) in [7, 11) is 1.90. The third kappa shape index (κ3) is 3.11. The standard InChI is InChI=1S/C23H18F2N5O/c1-11-5-7-15-20-16(24)9-18(25)29-23(20)31-21(15)19(11)17-8-6-14(10-30(17)4)22-27-12(2)26-13(3)28-22/h5-10H,1-4H3/q+1. The molecule has 0 atom stereocenters. The minimum atomic E-state index is -0.917. The fourth-order valence-electron chi connectivity index (χ4n) is 3.92. The van der Waals surface area contributed by atoms with Crippen LogP contribution in [0, 0.1) is 32.5 Å². The van der Waals surface area contributed by atoms with Crippen LogP contribution in [0.1, 0.15) is 17.2 Å². The third-order valence-electron chi connectivity index (χ3n) is 5.25. The summed E-state index contributed by atoms with van der Waals surface area (Å²) in [5, 5.41) is 0.724. The third-order valence-corrected chi connectivity index (χ3v) is 5.25. The van der Waals surface area contributed by atoms with Crippen LogP contribution in [0.15, 0.2) is 40.9 Å². The van der Waals surface area contributed by atoms with Crippen molar-refractivity contribution in [2.45, 2.75) is 20.8 Å². The Balaban J connectivity index is 1.74. The van der Waals surface area contributed by atoms with Gasteiger partial charge in [-0.05, 0) is 32.4 Å². The van der Waals surface area contributed by atoms with Gasteiger partial charge in [-0.25, -0.2) is 23.9 Å². The van der Waals surface area contributed by atoms with E-state index in [1.54, 1.807) is 6.07 Å². The fourth-order valence-corrected chi connectivity index (χ4v) is 3.92. The van der Waals surface area contributed by atoms with Crippen LogP contribution < -0.4 is 4.57 Å². The predicted molar refractivity (Wildman–Crippen MR) is 111 cm³/mol. The van der Waals surface area contributed by atoms with Gasteiger partial charge in [-0.15, -0.1) is 0 Å². The first-order chi connectivity index (χ1) is 14.8. The largest absolute Gasteiger partial charge is 0.437 e. The maximum atomic E-state index is 14.5. The van der Waals surface area contributed by atoms with Gasteiger partial charge >= 0.3 is 0 Å². The molecular weight excluding hydrogens is 400 g/mol. The molecule has 0 saturated heterocycles. The summed E-state index contributed by atoms with van der Waals surface area (Å²) in [5.74, 6) is 0.279. The topological polar surface area (TPSA) is 68.6 Å². The van der Waals surface area contributed by atoms with Gasteiger partial charge in [-0.3, -0.25) is 0 Å². The Morgan fingerprint density at radius 3 is 2.35 bits per heavy atom. The highest BCUT2D eigenvalue weighted by atomic mass is 19.1. The van der Waals surface area contributed by atoms with E-state index in [0.717, 1.165) is 28.5 Å². The van der Waals surface area contributed by atoms with E-state index in [4.69, 9.17) is 4.42 Å². The molecule has 154 valence electrons. The van der Waals surface area contributed by atoms with Gasteiger partial charge in [0.05, 0.1) is 16.5 Å². The Morgan fingerprint density at radius 1 is 0.903 bits per heavy atom. The van der Waals surface area contributed by atoms with Crippen LogP contribution in [-0.2, 0) is 7.05 Å². The number of hydrogen-bond acceptors (Lipinski definition) is 5. The van der Waals surface area contributed by atoms with Crippen molar-refractivity contribution in [2.24, 2.45) is 7.05 Å². The number of aryl methyl sites for hydroxylation is 4. The molecule has 31 heavy (non-hydrogen) atoms. The van der Waals surface area contributed by atoms with E-state index in [1.807, 2.05) is 56.8 Å². The minimum absolute atomic E-state index is 0.0604. The van der Waals surface area contributed by atoms with Crippen molar-refractivity contribution in [3.8, 4) is 22.6 Å². The highest BCUT2D eigenvalue weighted by Crippen LogP contribution is 2.37. The van der Waals surface area contributed by atoms with Crippen molar-refractivity contribution in [1.29, 1.82) is 0 Å². The average Bonchev–Trinajstić information content (AvgIpc) is 3.06. The Kier molecular flexibility index (Phi) is 4.25. The first-order valence-corrected chi connectivity index (χ1v) is 9.69. The lowest BCUT2D eigenvalue weighted by Crippen LogP contribution is -2.31. The van der Waals surface area contributed by atoms with Crippen molar-refractivity contribution in [3.05, 3.63) is 65.5 Å². The second-order valence-corrected chi connectivity index (χ2v) is 7.51. The molecule has 0 bridgehead atoms. The number of pyridine rings is 2. The average molecular weight is 418 g/mol. The van der Waals surface area contributed by atoms with Gasteiger partial charge in [0.25, 0.3) is 0 Å². The lowest BCUT2D eigenvalue weighted by atomic mass is 10.0. The van der Waals surface area contributed by atoms with Gasteiger partial charge in [-0.2, -0.15) is 9.37 Å². The monoisotopic (exact) mass is 418 g/mol.